The minimum atomic E-state index is 0.0220. The maximum atomic E-state index is 2.43. The summed E-state index contributed by atoms with van der Waals surface area (Å²) < 4.78 is 0. The first kappa shape index (κ1) is 14.1. The van der Waals surface area contributed by atoms with Gasteiger partial charge in [0.2, 0.25) is 0 Å². The Bertz CT molecular complexity index is 650. The van der Waals surface area contributed by atoms with Crippen LogP contribution >= 0.6 is 0 Å². The van der Waals surface area contributed by atoms with Crippen molar-refractivity contribution in [1.29, 1.82) is 0 Å². The van der Waals surface area contributed by atoms with Crippen LogP contribution in [-0.2, 0) is 5.41 Å². The molecule has 0 radical (unpaired) electrons. The number of hydrogen-bond acceptors (Lipinski definition) is 0. The van der Waals surface area contributed by atoms with Gasteiger partial charge >= 0.3 is 0 Å². The van der Waals surface area contributed by atoms with Gasteiger partial charge in [-0.15, -0.1) is 0 Å². The van der Waals surface area contributed by atoms with Crippen LogP contribution in [-0.4, -0.2) is 0 Å². The van der Waals surface area contributed by atoms with Gasteiger partial charge in [0.25, 0.3) is 0 Å². The van der Waals surface area contributed by atoms with Crippen LogP contribution < -0.4 is 0 Å². The van der Waals surface area contributed by atoms with E-state index in [1.165, 1.54) is 34.3 Å². The molecular weight excluding hydrogens is 252 g/mol. The lowest BCUT2D eigenvalue weighted by molar-refractivity contribution is 0.613. The van der Waals surface area contributed by atoms with Gasteiger partial charge in [-0.25, -0.2) is 0 Å². The second-order valence-corrected chi connectivity index (χ2v) is 6.45. The monoisotopic (exact) mass is 276 g/mol. The number of rotatable bonds is 2. The predicted molar refractivity (Wildman–Crippen MR) is 91.4 cm³/mol. The van der Waals surface area contributed by atoms with Gasteiger partial charge in [-0.3, -0.25) is 0 Å². The van der Waals surface area contributed by atoms with Crippen molar-refractivity contribution < 1.29 is 0 Å². The van der Waals surface area contributed by atoms with E-state index < -0.39 is 0 Å². The fourth-order valence-corrected chi connectivity index (χ4v) is 3.38. The quantitative estimate of drug-likeness (QED) is 0.640. The smallest absolute Gasteiger partial charge is 0.0418 e. The highest BCUT2D eigenvalue weighted by atomic mass is 14.4. The molecule has 0 amide bonds. The van der Waals surface area contributed by atoms with Crippen LogP contribution in [0.4, 0.5) is 0 Å². The van der Waals surface area contributed by atoms with E-state index in [-0.39, 0.29) is 5.41 Å². The standard InChI is InChI=1S/C21H24/c1-16-9-11-20(12-10-16)21(19-7-5-4-6-8-19)14-13-17(2)18(3)15-21/h5,7-14H,4,6,15H2,1-3H3. The molecule has 108 valence electrons. The minimum Gasteiger partial charge on any atom is -0.0839 e. The number of allylic oxidation sites excluding steroid dienone is 8. The van der Waals surface area contributed by atoms with Gasteiger partial charge in [0.15, 0.2) is 0 Å². The predicted octanol–water partition coefficient (Wildman–Crippen LogP) is 5.81. The number of benzene rings is 1. The summed E-state index contributed by atoms with van der Waals surface area (Å²) in [6.45, 7) is 6.65. The van der Waals surface area contributed by atoms with E-state index in [0.717, 1.165) is 12.8 Å². The van der Waals surface area contributed by atoms with Crippen LogP contribution in [0.2, 0.25) is 0 Å². The molecule has 0 spiro atoms. The van der Waals surface area contributed by atoms with E-state index in [9.17, 15) is 0 Å². The topological polar surface area (TPSA) is 0 Å². The molecule has 1 atom stereocenters. The Morgan fingerprint density at radius 3 is 2.29 bits per heavy atom. The molecule has 0 nitrogen and oxygen atoms in total. The molecule has 0 N–H and O–H groups in total. The summed E-state index contributed by atoms with van der Waals surface area (Å²) in [5.74, 6) is 0. The van der Waals surface area contributed by atoms with Crippen LogP contribution in [0.25, 0.3) is 0 Å². The molecule has 0 saturated heterocycles. The van der Waals surface area contributed by atoms with Crippen molar-refractivity contribution in [2.45, 2.75) is 45.4 Å². The number of hydrogen-bond donors (Lipinski definition) is 0. The molecule has 0 aliphatic heterocycles. The second-order valence-electron chi connectivity index (χ2n) is 6.45. The summed E-state index contributed by atoms with van der Waals surface area (Å²) in [7, 11) is 0. The SMILES string of the molecule is CC1=C(C)CC(C2=CCCC=C2)(c2ccc(C)cc2)C=C1. The first-order valence-corrected chi connectivity index (χ1v) is 7.92. The lowest BCUT2D eigenvalue weighted by Crippen LogP contribution is -2.28. The summed E-state index contributed by atoms with van der Waals surface area (Å²) in [4.78, 5) is 0. The van der Waals surface area contributed by atoms with Gasteiger partial charge in [0.05, 0.1) is 0 Å². The highest BCUT2D eigenvalue weighted by molar-refractivity contribution is 5.53. The Hall–Kier alpha value is -1.82. The maximum Gasteiger partial charge on any atom is 0.0418 e. The van der Waals surface area contributed by atoms with Crippen molar-refractivity contribution in [3.8, 4) is 0 Å². The van der Waals surface area contributed by atoms with Gasteiger partial charge in [-0.2, -0.15) is 0 Å². The zero-order chi connectivity index (χ0) is 14.9. The average Bonchev–Trinajstić information content (AvgIpc) is 2.52. The van der Waals surface area contributed by atoms with Crippen LogP contribution in [0.1, 0.15) is 44.2 Å². The Morgan fingerprint density at radius 1 is 0.905 bits per heavy atom. The van der Waals surface area contributed by atoms with Gasteiger partial charge in [-0.05, 0) is 51.2 Å². The first-order valence-electron chi connectivity index (χ1n) is 7.92. The molecule has 1 unspecified atom stereocenters. The lowest BCUT2D eigenvalue weighted by atomic mass is 9.66. The third-order valence-electron chi connectivity index (χ3n) is 4.91. The van der Waals surface area contributed by atoms with Crippen LogP contribution in [0.15, 0.2) is 71.4 Å². The van der Waals surface area contributed by atoms with Crippen molar-refractivity contribution in [3.05, 3.63) is 82.5 Å². The van der Waals surface area contributed by atoms with Gasteiger partial charge in [0.1, 0.15) is 0 Å². The van der Waals surface area contributed by atoms with Crippen LogP contribution in [0, 0.1) is 6.92 Å². The summed E-state index contributed by atoms with van der Waals surface area (Å²) in [5, 5.41) is 0. The van der Waals surface area contributed by atoms with Crippen LogP contribution in [0.5, 0.6) is 0 Å². The summed E-state index contributed by atoms with van der Waals surface area (Å²) in [5.41, 5.74) is 7.13. The summed E-state index contributed by atoms with van der Waals surface area (Å²) >= 11 is 0. The van der Waals surface area contributed by atoms with Crippen molar-refractivity contribution in [2.24, 2.45) is 0 Å². The first-order chi connectivity index (χ1) is 10.1. The fraction of sp³-hybridized carbons (Fsp3) is 0.333. The molecule has 0 heterocycles. The molecule has 1 aromatic rings. The molecule has 21 heavy (non-hydrogen) atoms. The van der Waals surface area contributed by atoms with Gasteiger partial charge in [-0.1, -0.05) is 71.4 Å². The summed E-state index contributed by atoms with van der Waals surface area (Å²) in [6.07, 6.45) is 15.2. The highest BCUT2D eigenvalue weighted by Crippen LogP contribution is 2.44. The highest BCUT2D eigenvalue weighted by Gasteiger charge is 2.35. The molecule has 1 aromatic carbocycles. The fourth-order valence-electron chi connectivity index (χ4n) is 3.38. The van der Waals surface area contributed by atoms with Crippen molar-refractivity contribution in [1.82, 2.24) is 0 Å². The van der Waals surface area contributed by atoms with Crippen molar-refractivity contribution in [3.63, 3.8) is 0 Å². The molecule has 2 aliphatic rings. The Kier molecular flexibility index (Phi) is 3.71. The third kappa shape index (κ3) is 2.55. The molecule has 0 aromatic heterocycles. The van der Waals surface area contributed by atoms with E-state index in [2.05, 4.69) is 75.4 Å². The molecule has 2 aliphatic carbocycles. The number of aryl methyl sites for hydroxylation is 1. The third-order valence-corrected chi connectivity index (χ3v) is 4.91. The van der Waals surface area contributed by atoms with E-state index in [1.54, 1.807) is 0 Å². The van der Waals surface area contributed by atoms with E-state index in [1.807, 2.05) is 0 Å². The van der Waals surface area contributed by atoms with E-state index in [4.69, 9.17) is 0 Å². The van der Waals surface area contributed by atoms with Crippen molar-refractivity contribution in [2.75, 3.05) is 0 Å². The average molecular weight is 276 g/mol. The molecule has 0 heteroatoms. The molecule has 3 rings (SSSR count). The molecule has 0 bridgehead atoms. The molecular formula is C21H24. The van der Waals surface area contributed by atoms with Gasteiger partial charge in [0, 0.05) is 5.41 Å². The van der Waals surface area contributed by atoms with Crippen molar-refractivity contribution >= 4 is 0 Å². The maximum absolute atomic E-state index is 2.43. The van der Waals surface area contributed by atoms with E-state index >= 15 is 0 Å². The van der Waals surface area contributed by atoms with Crippen LogP contribution in [0.3, 0.4) is 0 Å². The zero-order valence-corrected chi connectivity index (χ0v) is 13.3. The van der Waals surface area contributed by atoms with Gasteiger partial charge < -0.3 is 0 Å². The van der Waals surface area contributed by atoms with E-state index in [0.29, 0.717) is 0 Å². The minimum absolute atomic E-state index is 0.0220. The Balaban J connectivity index is 2.12. The second kappa shape index (κ2) is 5.52. The normalized spacial score (nSPS) is 25.2. The molecule has 0 saturated carbocycles. The zero-order valence-electron chi connectivity index (χ0n) is 13.3. The Morgan fingerprint density at radius 2 is 1.67 bits per heavy atom. The summed E-state index contributed by atoms with van der Waals surface area (Å²) in [6, 6.07) is 9.07. The lowest BCUT2D eigenvalue weighted by Gasteiger charge is -2.37. The molecule has 0 fully saturated rings. The Labute approximate surface area is 128 Å². The largest absolute Gasteiger partial charge is 0.0839 e.